The number of hydrogen-bond acceptors (Lipinski definition) is 5. The first-order valence-corrected chi connectivity index (χ1v) is 8.16. The molecule has 0 aliphatic heterocycles. The summed E-state index contributed by atoms with van der Waals surface area (Å²) in [6.07, 6.45) is 0.909. The number of aliphatic imine (C=N–C) groups is 1. The largest absolute Gasteiger partial charge is 0.504 e. The normalized spacial score (nSPS) is 11.4. The smallest absolute Gasteiger partial charge is 0.191 e. The number of phenols is 1. The molecule has 0 bridgehead atoms. The summed E-state index contributed by atoms with van der Waals surface area (Å²) in [4.78, 5) is 4.55. The van der Waals surface area contributed by atoms with Gasteiger partial charge in [0.2, 0.25) is 0 Å². The lowest BCUT2D eigenvalue weighted by Gasteiger charge is -2.12. The van der Waals surface area contributed by atoms with Gasteiger partial charge in [0.15, 0.2) is 17.5 Å². The molecule has 7 nitrogen and oxygen atoms in total. The van der Waals surface area contributed by atoms with Crippen LogP contribution in [0.15, 0.2) is 23.2 Å². The SMILES string of the molecule is CCOCCCNC(=NCc1ccc(O)c(OC)c1)NCCOC. The maximum Gasteiger partial charge on any atom is 0.191 e. The second kappa shape index (κ2) is 12.4. The highest BCUT2D eigenvalue weighted by molar-refractivity contribution is 5.79. The number of phenolic OH excluding ortho intramolecular Hbond substituents is 1. The van der Waals surface area contributed by atoms with Crippen molar-refractivity contribution in [2.24, 2.45) is 4.99 Å². The standard InChI is InChI=1S/C17H29N3O4/c1-4-24-10-5-8-18-17(19-9-11-22-2)20-13-14-6-7-15(21)16(12-14)23-3/h6-7,12,21H,4-5,8-11,13H2,1-3H3,(H2,18,19,20). The average Bonchev–Trinajstić information content (AvgIpc) is 2.60. The predicted molar refractivity (Wildman–Crippen MR) is 94.8 cm³/mol. The lowest BCUT2D eigenvalue weighted by Crippen LogP contribution is -2.39. The van der Waals surface area contributed by atoms with Crippen LogP contribution in [0, 0.1) is 0 Å². The Hall–Kier alpha value is -1.99. The van der Waals surface area contributed by atoms with Gasteiger partial charge in [-0.3, -0.25) is 0 Å². The van der Waals surface area contributed by atoms with E-state index in [4.69, 9.17) is 14.2 Å². The number of nitrogens with one attached hydrogen (secondary N) is 2. The molecule has 0 aliphatic carbocycles. The van der Waals surface area contributed by atoms with E-state index < -0.39 is 0 Å². The van der Waals surface area contributed by atoms with Gasteiger partial charge in [0.1, 0.15) is 0 Å². The first kappa shape index (κ1) is 20.1. The van der Waals surface area contributed by atoms with Crippen LogP contribution < -0.4 is 15.4 Å². The quantitative estimate of drug-likeness (QED) is 0.322. The highest BCUT2D eigenvalue weighted by Crippen LogP contribution is 2.26. The van der Waals surface area contributed by atoms with E-state index in [1.54, 1.807) is 19.2 Å². The van der Waals surface area contributed by atoms with Crippen molar-refractivity contribution in [3.8, 4) is 11.5 Å². The number of ether oxygens (including phenoxy) is 3. The molecule has 0 unspecified atom stereocenters. The van der Waals surface area contributed by atoms with E-state index in [0.717, 1.165) is 37.7 Å². The Morgan fingerprint density at radius 3 is 2.67 bits per heavy atom. The van der Waals surface area contributed by atoms with E-state index in [0.29, 0.717) is 25.4 Å². The van der Waals surface area contributed by atoms with Gasteiger partial charge in [-0.05, 0) is 31.0 Å². The summed E-state index contributed by atoms with van der Waals surface area (Å²) in [5, 5.41) is 16.1. The molecule has 1 aromatic carbocycles. The molecule has 0 atom stereocenters. The Morgan fingerprint density at radius 1 is 1.17 bits per heavy atom. The Balaban J connectivity index is 2.58. The summed E-state index contributed by atoms with van der Waals surface area (Å²) >= 11 is 0. The van der Waals surface area contributed by atoms with Gasteiger partial charge < -0.3 is 30.0 Å². The van der Waals surface area contributed by atoms with Gasteiger partial charge in [-0.2, -0.15) is 0 Å². The molecule has 0 saturated heterocycles. The Labute approximate surface area is 144 Å². The first-order chi connectivity index (χ1) is 11.7. The van der Waals surface area contributed by atoms with Crippen molar-refractivity contribution in [1.82, 2.24) is 10.6 Å². The number of rotatable bonds is 11. The van der Waals surface area contributed by atoms with Crippen LogP contribution in [-0.4, -0.2) is 58.2 Å². The molecule has 0 aromatic heterocycles. The number of benzene rings is 1. The van der Waals surface area contributed by atoms with Crippen LogP contribution in [0.5, 0.6) is 11.5 Å². The third-order valence-corrected chi connectivity index (χ3v) is 3.22. The lowest BCUT2D eigenvalue weighted by atomic mass is 10.2. The molecule has 136 valence electrons. The van der Waals surface area contributed by atoms with E-state index in [1.807, 2.05) is 13.0 Å². The van der Waals surface area contributed by atoms with Crippen LogP contribution in [-0.2, 0) is 16.0 Å². The molecule has 0 aliphatic rings. The molecule has 3 N–H and O–H groups in total. The van der Waals surface area contributed by atoms with E-state index in [2.05, 4.69) is 15.6 Å². The maximum atomic E-state index is 9.63. The number of aromatic hydroxyl groups is 1. The van der Waals surface area contributed by atoms with E-state index in [9.17, 15) is 5.11 Å². The third-order valence-electron chi connectivity index (χ3n) is 3.22. The average molecular weight is 339 g/mol. The molecule has 0 fully saturated rings. The summed E-state index contributed by atoms with van der Waals surface area (Å²) in [6.45, 7) is 5.97. The van der Waals surface area contributed by atoms with Crippen molar-refractivity contribution < 1.29 is 19.3 Å². The molecule has 1 aromatic rings. The van der Waals surface area contributed by atoms with Crippen molar-refractivity contribution in [3.63, 3.8) is 0 Å². The molecule has 0 heterocycles. The predicted octanol–water partition coefficient (Wildman–Crippen LogP) is 1.51. The number of guanidine groups is 1. The Kier molecular flexibility index (Phi) is 10.4. The molecular weight excluding hydrogens is 310 g/mol. The zero-order valence-corrected chi connectivity index (χ0v) is 14.8. The zero-order chi connectivity index (χ0) is 17.6. The fraction of sp³-hybridized carbons (Fsp3) is 0.588. The Bertz CT molecular complexity index is 495. The topological polar surface area (TPSA) is 84.3 Å². The summed E-state index contributed by atoms with van der Waals surface area (Å²) in [5.41, 5.74) is 0.951. The number of hydrogen-bond donors (Lipinski definition) is 3. The van der Waals surface area contributed by atoms with E-state index >= 15 is 0 Å². The first-order valence-electron chi connectivity index (χ1n) is 8.16. The van der Waals surface area contributed by atoms with Gasteiger partial charge in [0.25, 0.3) is 0 Å². The van der Waals surface area contributed by atoms with Gasteiger partial charge in [-0.15, -0.1) is 0 Å². The molecular formula is C17H29N3O4. The minimum absolute atomic E-state index is 0.123. The minimum Gasteiger partial charge on any atom is -0.504 e. The Morgan fingerprint density at radius 2 is 1.96 bits per heavy atom. The van der Waals surface area contributed by atoms with Crippen molar-refractivity contribution in [2.45, 2.75) is 19.9 Å². The van der Waals surface area contributed by atoms with Crippen LogP contribution in [0.1, 0.15) is 18.9 Å². The maximum absolute atomic E-state index is 9.63. The molecule has 0 amide bonds. The molecule has 1 rings (SSSR count). The van der Waals surface area contributed by atoms with Crippen LogP contribution >= 0.6 is 0 Å². The molecule has 7 heteroatoms. The van der Waals surface area contributed by atoms with Crippen LogP contribution in [0.25, 0.3) is 0 Å². The minimum atomic E-state index is 0.123. The molecule has 0 radical (unpaired) electrons. The summed E-state index contributed by atoms with van der Waals surface area (Å²) in [7, 11) is 3.19. The van der Waals surface area contributed by atoms with Crippen LogP contribution in [0.2, 0.25) is 0 Å². The van der Waals surface area contributed by atoms with Gasteiger partial charge in [-0.25, -0.2) is 4.99 Å². The number of methoxy groups -OCH3 is 2. The van der Waals surface area contributed by atoms with Gasteiger partial charge >= 0.3 is 0 Å². The lowest BCUT2D eigenvalue weighted by molar-refractivity contribution is 0.145. The summed E-state index contributed by atoms with van der Waals surface area (Å²) in [5.74, 6) is 1.29. The van der Waals surface area contributed by atoms with Gasteiger partial charge in [0.05, 0.1) is 20.3 Å². The number of nitrogens with zero attached hydrogens (tertiary/aromatic N) is 1. The van der Waals surface area contributed by atoms with E-state index in [-0.39, 0.29) is 5.75 Å². The van der Waals surface area contributed by atoms with Gasteiger partial charge in [0, 0.05) is 33.4 Å². The van der Waals surface area contributed by atoms with Gasteiger partial charge in [-0.1, -0.05) is 6.07 Å². The van der Waals surface area contributed by atoms with E-state index in [1.165, 1.54) is 7.11 Å². The monoisotopic (exact) mass is 339 g/mol. The van der Waals surface area contributed by atoms with Crippen molar-refractivity contribution >= 4 is 5.96 Å². The zero-order valence-electron chi connectivity index (χ0n) is 14.8. The molecule has 0 spiro atoms. The second-order valence-corrected chi connectivity index (χ2v) is 5.07. The van der Waals surface area contributed by atoms with Crippen molar-refractivity contribution in [2.75, 3.05) is 47.1 Å². The second-order valence-electron chi connectivity index (χ2n) is 5.07. The molecule has 0 saturated carbocycles. The highest BCUT2D eigenvalue weighted by Gasteiger charge is 2.03. The highest BCUT2D eigenvalue weighted by atomic mass is 16.5. The van der Waals surface area contributed by atoms with Crippen molar-refractivity contribution in [1.29, 1.82) is 0 Å². The molecule has 24 heavy (non-hydrogen) atoms. The fourth-order valence-electron chi connectivity index (χ4n) is 1.96. The summed E-state index contributed by atoms with van der Waals surface area (Å²) < 4.78 is 15.5. The summed E-state index contributed by atoms with van der Waals surface area (Å²) in [6, 6.07) is 5.21. The van der Waals surface area contributed by atoms with Crippen molar-refractivity contribution in [3.05, 3.63) is 23.8 Å². The van der Waals surface area contributed by atoms with Crippen LogP contribution in [0.4, 0.5) is 0 Å². The fourth-order valence-corrected chi connectivity index (χ4v) is 1.96. The third kappa shape index (κ3) is 8.03. The van der Waals surface area contributed by atoms with Crippen LogP contribution in [0.3, 0.4) is 0 Å².